The SMILES string of the molecule is COc1ccc2oc3nc(C)c(C(=O)NCc4ccccc4)cc3c(=O)c2c1. The summed E-state index contributed by atoms with van der Waals surface area (Å²) in [4.78, 5) is 29.9. The predicted molar refractivity (Wildman–Crippen MR) is 107 cm³/mol. The van der Waals surface area contributed by atoms with E-state index in [4.69, 9.17) is 9.15 Å². The number of pyridine rings is 1. The number of benzene rings is 2. The van der Waals surface area contributed by atoms with E-state index in [1.54, 1.807) is 31.2 Å². The van der Waals surface area contributed by atoms with E-state index in [0.29, 0.717) is 34.5 Å². The van der Waals surface area contributed by atoms with Gasteiger partial charge in [0.25, 0.3) is 5.91 Å². The standard InChI is InChI=1S/C22H18N2O4/c1-13-16(21(26)23-12-14-6-4-3-5-7-14)11-18-20(25)17-10-15(27-2)8-9-19(17)28-22(18)24-13/h3-11H,12H2,1-2H3,(H,23,26). The van der Waals surface area contributed by atoms with Crippen molar-refractivity contribution in [2.24, 2.45) is 0 Å². The van der Waals surface area contributed by atoms with Crippen LogP contribution in [0.25, 0.3) is 22.1 Å². The number of aryl methyl sites for hydroxylation is 1. The Morgan fingerprint density at radius 2 is 1.89 bits per heavy atom. The first-order chi connectivity index (χ1) is 13.6. The fourth-order valence-corrected chi connectivity index (χ4v) is 3.08. The lowest BCUT2D eigenvalue weighted by molar-refractivity contribution is 0.0950. The quantitative estimate of drug-likeness (QED) is 0.552. The number of hydrogen-bond donors (Lipinski definition) is 1. The average molecular weight is 374 g/mol. The lowest BCUT2D eigenvalue weighted by Crippen LogP contribution is -2.24. The highest BCUT2D eigenvalue weighted by Crippen LogP contribution is 2.23. The highest BCUT2D eigenvalue weighted by atomic mass is 16.5. The maximum atomic E-state index is 12.9. The molecule has 2 heterocycles. The molecule has 140 valence electrons. The summed E-state index contributed by atoms with van der Waals surface area (Å²) in [6, 6.07) is 16.2. The second-order valence-electron chi connectivity index (χ2n) is 6.44. The zero-order valence-electron chi connectivity index (χ0n) is 15.5. The summed E-state index contributed by atoms with van der Waals surface area (Å²) in [7, 11) is 1.53. The summed E-state index contributed by atoms with van der Waals surface area (Å²) in [6.45, 7) is 2.11. The molecule has 1 N–H and O–H groups in total. The Morgan fingerprint density at radius 3 is 2.64 bits per heavy atom. The second kappa shape index (κ2) is 7.15. The van der Waals surface area contributed by atoms with Crippen LogP contribution in [-0.2, 0) is 6.54 Å². The van der Waals surface area contributed by atoms with E-state index in [1.165, 1.54) is 7.11 Å². The van der Waals surface area contributed by atoms with Gasteiger partial charge in [0.15, 0.2) is 0 Å². The maximum Gasteiger partial charge on any atom is 0.253 e. The molecule has 0 spiro atoms. The monoisotopic (exact) mass is 374 g/mol. The molecule has 0 aliphatic carbocycles. The van der Waals surface area contributed by atoms with Crippen LogP contribution in [-0.4, -0.2) is 18.0 Å². The minimum Gasteiger partial charge on any atom is -0.497 e. The van der Waals surface area contributed by atoms with E-state index in [0.717, 1.165) is 5.56 Å². The molecule has 0 atom stereocenters. The number of carbonyl (C=O) groups excluding carboxylic acids is 1. The Labute approximate surface area is 160 Å². The van der Waals surface area contributed by atoms with Crippen LogP contribution in [0.4, 0.5) is 0 Å². The molecule has 0 saturated carbocycles. The number of ether oxygens (including phenoxy) is 1. The van der Waals surface area contributed by atoms with Crippen LogP contribution in [0.3, 0.4) is 0 Å². The molecule has 4 aromatic rings. The van der Waals surface area contributed by atoms with E-state index >= 15 is 0 Å². The average Bonchev–Trinajstić information content (AvgIpc) is 2.72. The first kappa shape index (κ1) is 17.7. The number of methoxy groups -OCH3 is 1. The molecule has 1 amide bonds. The van der Waals surface area contributed by atoms with Gasteiger partial charge in [-0.2, -0.15) is 0 Å². The minimum atomic E-state index is -0.291. The van der Waals surface area contributed by atoms with Crippen molar-refractivity contribution in [1.29, 1.82) is 0 Å². The topological polar surface area (TPSA) is 81.4 Å². The van der Waals surface area contributed by atoms with Crippen molar-refractivity contribution >= 4 is 28.0 Å². The first-order valence-electron chi connectivity index (χ1n) is 8.81. The van der Waals surface area contributed by atoms with E-state index < -0.39 is 0 Å². The van der Waals surface area contributed by atoms with Crippen molar-refractivity contribution in [3.8, 4) is 5.75 Å². The summed E-state index contributed by atoms with van der Waals surface area (Å²) in [5.74, 6) is 0.265. The summed E-state index contributed by atoms with van der Waals surface area (Å²) in [5.41, 5.74) is 2.21. The van der Waals surface area contributed by atoms with Crippen LogP contribution in [0.2, 0.25) is 0 Å². The normalized spacial score (nSPS) is 10.9. The zero-order valence-corrected chi connectivity index (χ0v) is 15.5. The van der Waals surface area contributed by atoms with Crippen molar-refractivity contribution in [2.75, 3.05) is 7.11 Å². The van der Waals surface area contributed by atoms with Gasteiger partial charge in [-0.15, -0.1) is 0 Å². The molecule has 2 aromatic carbocycles. The number of aromatic nitrogens is 1. The molecular weight excluding hydrogens is 356 g/mol. The summed E-state index contributed by atoms with van der Waals surface area (Å²) in [5, 5.41) is 3.51. The van der Waals surface area contributed by atoms with E-state index in [-0.39, 0.29) is 22.4 Å². The Bertz CT molecular complexity index is 1250. The fraction of sp³-hybridized carbons (Fsp3) is 0.136. The molecule has 0 aliphatic rings. The maximum absolute atomic E-state index is 12.9. The summed E-state index contributed by atoms with van der Waals surface area (Å²) < 4.78 is 11.0. The van der Waals surface area contributed by atoms with E-state index in [1.807, 2.05) is 30.3 Å². The molecule has 0 aliphatic heterocycles. The van der Waals surface area contributed by atoms with Crippen molar-refractivity contribution in [2.45, 2.75) is 13.5 Å². The molecular formula is C22H18N2O4. The number of nitrogens with zero attached hydrogens (tertiary/aromatic N) is 1. The van der Waals surface area contributed by atoms with Crippen molar-refractivity contribution in [3.63, 3.8) is 0 Å². The Morgan fingerprint density at radius 1 is 1.11 bits per heavy atom. The van der Waals surface area contributed by atoms with Crippen molar-refractivity contribution in [3.05, 3.63) is 81.6 Å². The first-order valence-corrected chi connectivity index (χ1v) is 8.81. The number of nitrogens with one attached hydrogen (secondary N) is 1. The van der Waals surface area contributed by atoms with E-state index in [2.05, 4.69) is 10.3 Å². The minimum absolute atomic E-state index is 0.208. The molecule has 6 nitrogen and oxygen atoms in total. The van der Waals surface area contributed by atoms with Gasteiger partial charge in [0, 0.05) is 6.54 Å². The van der Waals surface area contributed by atoms with Gasteiger partial charge < -0.3 is 14.5 Å². The summed E-state index contributed by atoms with van der Waals surface area (Å²) in [6.07, 6.45) is 0. The number of fused-ring (bicyclic) bond motifs is 2. The van der Waals surface area contributed by atoms with Gasteiger partial charge in [0.2, 0.25) is 11.1 Å². The number of amides is 1. The van der Waals surface area contributed by atoms with Crippen LogP contribution < -0.4 is 15.5 Å². The summed E-state index contributed by atoms with van der Waals surface area (Å²) >= 11 is 0. The van der Waals surface area contributed by atoms with E-state index in [9.17, 15) is 9.59 Å². The Balaban J connectivity index is 1.75. The highest BCUT2D eigenvalue weighted by Gasteiger charge is 2.16. The highest BCUT2D eigenvalue weighted by molar-refractivity contribution is 5.99. The third kappa shape index (κ3) is 3.20. The van der Waals surface area contributed by atoms with Gasteiger partial charge in [0.1, 0.15) is 11.3 Å². The van der Waals surface area contributed by atoms with Gasteiger partial charge in [0.05, 0.1) is 29.1 Å². The molecule has 0 radical (unpaired) electrons. The Hall–Kier alpha value is -3.67. The lowest BCUT2D eigenvalue weighted by Gasteiger charge is -2.09. The number of hydrogen-bond acceptors (Lipinski definition) is 5. The van der Waals surface area contributed by atoms with Gasteiger partial charge in [-0.05, 0) is 36.8 Å². The molecule has 0 saturated heterocycles. The Kier molecular flexibility index (Phi) is 4.53. The predicted octanol–water partition coefficient (Wildman–Crippen LogP) is 3.59. The molecule has 28 heavy (non-hydrogen) atoms. The largest absolute Gasteiger partial charge is 0.497 e. The van der Waals surface area contributed by atoms with Gasteiger partial charge in [-0.1, -0.05) is 30.3 Å². The van der Waals surface area contributed by atoms with Crippen LogP contribution in [0.1, 0.15) is 21.6 Å². The van der Waals surface area contributed by atoms with Crippen LogP contribution >= 0.6 is 0 Å². The molecule has 4 rings (SSSR count). The second-order valence-corrected chi connectivity index (χ2v) is 6.44. The number of rotatable bonds is 4. The van der Waals surface area contributed by atoms with Crippen LogP contribution in [0.15, 0.2) is 63.8 Å². The van der Waals surface area contributed by atoms with Gasteiger partial charge in [-0.25, -0.2) is 4.98 Å². The lowest BCUT2D eigenvalue weighted by atomic mass is 10.1. The van der Waals surface area contributed by atoms with Gasteiger partial charge >= 0.3 is 0 Å². The van der Waals surface area contributed by atoms with Crippen LogP contribution in [0.5, 0.6) is 5.75 Å². The molecule has 6 heteroatoms. The fourth-order valence-electron chi connectivity index (χ4n) is 3.08. The number of carbonyl (C=O) groups is 1. The smallest absolute Gasteiger partial charge is 0.253 e. The van der Waals surface area contributed by atoms with Crippen LogP contribution in [0, 0.1) is 6.92 Å². The molecule has 0 bridgehead atoms. The molecule has 0 unspecified atom stereocenters. The van der Waals surface area contributed by atoms with Gasteiger partial charge in [-0.3, -0.25) is 9.59 Å². The van der Waals surface area contributed by atoms with Crippen molar-refractivity contribution < 1.29 is 13.9 Å². The molecule has 0 fully saturated rings. The third-order valence-corrected chi connectivity index (χ3v) is 4.60. The zero-order chi connectivity index (χ0) is 19.7. The third-order valence-electron chi connectivity index (χ3n) is 4.60. The molecule has 2 aromatic heterocycles. The van der Waals surface area contributed by atoms with Crippen molar-refractivity contribution in [1.82, 2.24) is 10.3 Å².